The lowest BCUT2D eigenvalue weighted by atomic mass is 9.93. The Labute approximate surface area is 160 Å². The molecule has 2 aliphatic rings. The number of benzene rings is 1. The number of urea groups is 1. The molecule has 4 nitrogen and oxygen atoms in total. The molecule has 0 fully saturated rings. The second-order valence-electron chi connectivity index (χ2n) is 6.87. The smallest absolute Gasteiger partial charge is 0.329 e. The first-order valence-corrected chi connectivity index (χ1v) is 10.2. The van der Waals surface area contributed by atoms with Gasteiger partial charge < -0.3 is 4.90 Å². The molecular weight excluding hydrogens is 369 g/mol. The Balaban J connectivity index is 1.85. The highest BCUT2D eigenvalue weighted by Gasteiger charge is 2.51. The molecule has 0 bridgehead atoms. The molecule has 1 unspecified atom stereocenters. The van der Waals surface area contributed by atoms with E-state index in [1.54, 1.807) is 42.6 Å². The molecule has 136 valence electrons. The number of rotatable bonds is 1. The normalized spacial score (nSPS) is 21.7. The summed E-state index contributed by atoms with van der Waals surface area (Å²) in [6.07, 6.45) is 2.81. The van der Waals surface area contributed by atoms with Crippen LogP contribution in [0.2, 0.25) is 0 Å². The highest BCUT2D eigenvalue weighted by molar-refractivity contribution is 8.15. The van der Waals surface area contributed by atoms with E-state index in [0.717, 1.165) is 30.4 Å². The predicted octanol–water partition coefficient (Wildman–Crippen LogP) is 4.78. The maximum Gasteiger partial charge on any atom is 0.341 e. The van der Waals surface area contributed by atoms with Gasteiger partial charge >= 0.3 is 6.03 Å². The van der Waals surface area contributed by atoms with E-state index in [4.69, 9.17) is 0 Å². The Morgan fingerprint density at radius 1 is 1.35 bits per heavy atom. The number of carbonyl (C=O) groups is 1. The van der Waals surface area contributed by atoms with Crippen molar-refractivity contribution in [1.82, 2.24) is 9.91 Å². The van der Waals surface area contributed by atoms with Gasteiger partial charge in [-0.1, -0.05) is 23.4 Å². The molecule has 2 heterocycles. The first-order chi connectivity index (χ1) is 12.4. The second-order valence-corrected chi connectivity index (χ2v) is 9.14. The van der Waals surface area contributed by atoms with Gasteiger partial charge in [0.1, 0.15) is 15.7 Å². The van der Waals surface area contributed by atoms with Crippen LogP contribution in [0.15, 0.2) is 34.7 Å². The molecule has 1 atom stereocenters. The number of thioether (sulfide) groups is 1. The molecular formula is C19H20FN3OS2. The second kappa shape index (κ2) is 6.39. The zero-order valence-corrected chi connectivity index (χ0v) is 16.6. The first kappa shape index (κ1) is 17.5. The lowest BCUT2D eigenvalue weighted by Crippen LogP contribution is -2.47. The lowest BCUT2D eigenvalue weighted by Gasteiger charge is -2.39. The van der Waals surface area contributed by atoms with Gasteiger partial charge in [0.05, 0.1) is 0 Å². The van der Waals surface area contributed by atoms with Gasteiger partial charge in [-0.3, -0.25) is 0 Å². The minimum Gasteiger partial charge on any atom is -0.329 e. The molecule has 0 radical (unpaired) electrons. The molecule has 0 saturated carbocycles. The van der Waals surface area contributed by atoms with Crippen molar-refractivity contribution in [2.24, 2.45) is 5.10 Å². The van der Waals surface area contributed by atoms with E-state index in [2.05, 4.69) is 16.5 Å². The summed E-state index contributed by atoms with van der Waals surface area (Å²) in [5.41, 5.74) is 2.57. The van der Waals surface area contributed by atoms with Crippen molar-refractivity contribution in [2.45, 2.75) is 31.1 Å². The summed E-state index contributed by atoms with van der Waals surface area (Å²) in [6.45, 7) is 1.93. The van der Waals surface area contributed by atoms with Crippen molar-refractivity contribution < 1.29 is 9.18 Å². The van der Waals surface area contributed by atoms with Crippen LogP contribution in [0, 0.1) is 12.7 Å². The summed E-state index contributed by atoms with van der Waals surface area (Å²) in [7, 11) is 3.44. The van der Waals surface area contributed by atoms with E-state index in [-0.39, 0.29) is 11.8 Å². The Kier molecular flexibility index (Phi) is 4.31. The number of hydrogen-bond acceptors (Lipinski definition) is 4. The summed E-state index contributed by atoms with van der Waals surface area (Å²) in [5.74, 6) is -0.308. The molecule has 2 aromatic rings. The third-order valence-corrected chi connectivity index (χ3v) is 7.21. The van der Waals surface area contributed by atoms with Gasteiger partial charge in [-0.2, -0.15) is 10.1 Å². The van der Waals surface area contributed by atoms with Crippen molar-refractivity contribution in [3.8, 4) is 0 Å². The van der Waals surface area contributed by atoms with Gasteiger partial charge in [0.2, 0.25) is 0 Å². The summed E-state index contributed by atoms with van der Waals surface area (Å²) < 4.78 is 14.5. The number of hydrogen-bond donors (Lipinski definition) is 0. The van der Waals surface area contributed by atoms with Crippen molar-refractivity contribution >= 4 is 34.2 Å². The number of carbonyl (C=O) groups excluding carboxylic acids is 1. The minimum absolute atomic E-state index is 0.181. The highest BCUT2D eigenvalue weighted by atomic mass is 32.2. The standard InChI is InChI=1S/C19H20FN3OS2/c1-12-6-7-15(20)13(11-12)17-21-23(18(24)22(2)3)19(26-17)9-4-5-16-14(19)8-10-25-16/h6-8,10-11H,4-5,9H2,1-3H3. The van der Waals surface area contributed by atoms with E-state index in [1.165, 1.54) is 27.6 Å². The summed E-state index contributed by atoms with van der Waals surface area (Å²) in [4.78, 5) is 15.2. The zero-order chi connectivity index (χ0) is 18.5. The van der Waals surface area contributed by atoms with Crippen molar-refractivity contribution in [3.05, 3.63) is 57.0 Å². The van der Waals surface area contributed by atoms with E-state index in [9.17, 15) is 9.18 Å². The fraction of sp³-hybridized carbons (Fsp3) is 0.368. The van der Waals surface area contributed by atoms with E-state index >= 15 is 0 Å². The minimum atomic E-state index is -0.583. The average molecular weight is 390 g/mol. The first-order valence-electron chi connectivity index (χ1n) is 8.55. The van der Waals surface area contributed by atoms with Crippen molar-refractivity contribution in [2.75, 3.05) is 14.1 Å². The molecule has 1 aromatic heterocycles. The fourth-order valence-electron chi connectivity index (χ4n) is 3.53. The van der Waals surface area contributed by atoms with Crippen LogP contribution in [0.1, 0.15) is 34.4 Å². The van der Waals surface area contributed by atoms with E-state index < -0.39 is 4.87 Å². The van der Waals surface area contributed by atoms with Crippen LogP contribution in [0.5, 0.6) is 0 Å². The molecule has 7 heteroatoms. The topological polar surface area (TPSA) is 35.9 Å². The number of nitrogens with zero attached hydrogens (tertiary/aromatic N) is 3. The van der Waals surface area contributed by atoms with Crippen LogP contribution < -0.4 is 0 Å². The van der Waals surface area contributed by atoms with Gasteiger partial charge in [-0.05, 0) is 49.8 Å². The van der Waals surface area contributed by atoms with Crippen molar-refractivity contribution in [3.63, 3.8) is 0 Å². The predicted molar refractivity (Wildman–Crippen MR) is 105 cm³/mol. The number of fused-ring (bicyclic) bond motifs is 2. The molecule has 1 aromatic carbocycles. The number of amides is 2. The maximum absolute atomic E-state index is 14.5. The molecule has 4 rings (SSSR count). The average Bonchev–Trinajstić information content (AvgIpc) is 3.23. The van der Waals surface area contributed by atoms with Crippen LogP contribution in [0.25, 0.3) is 0 Å². The van der Waals surface area contributed by atoms with E-state index in [1.807, 2.05) is 6.92 Å². The zero-order valence-electron chi connectivity index (χ0n) is 15.0. The Morgan fingerprint density at radius 2 is 2.15 bits per heavy atom. The monoisotopic (exact) mass is 389 g/mol. The van der Waals surface area contributed by atoms with Gasteiger partial charge in [0.25, 0.3) is 0 Å². The van der Waals surface area contributed by atoms with Crippen LogP contribution in [-0.4, -0.2) is 35.1 Å². The number of thiophene rings is 1. The Morgan fingerprint density at radius 3 is 2.92 bits per heavy atom. The van der Waals surface area contributed by atoms with Crippen LogP contribution >= 0.6 is 23.1 Å². The molecule has 0 saturated heterocycles. The largest absolute Gasteiger partial charge is 0.341 e. The van der Waals surface area contributed by atoms with Crippen molar-refractivity contribution in [1.29, 1.82) is 0 Å². The molecule has 26 heavy (non-hydrogen) atoms. The van der Waals surface area contributed by atoms with Crippen LogP contribution in [0.4, 0.5) is 9.18 Å². The molecule has 2 amide bonds. The summed E-state index contributed by atoms with van der Waals surface area (Å²) >= 11 is 3.23. The molecule has 1 aliphatic heterocycles. The molecule has 1 aliphatic carbocycles. The van der Waals surface area contributed by atoms with Crippen LogP contribution in [-0.2, 0) is 11.3 Å². The lowest BCUT2D eigenvalue weighted by molar-refractivity contribution is 0.135. The maximum atomic E-state index is 14.5. The van der Waals surface area contributed by atoms with Crippen LogP contribution in [0.3, 0.4) is 0 Å². The number of aryl methyl sites for hydroxylation is 2. The third kappa shape index (κ3) is 2.65. The van der Waals surface area contributed by atoms with E-state index in [0.29, 0.717) is 10.6 Å². The SMILES string of the molecule is Cc1ccc(F)c(C2=NN(C(=O)N(C)C)C3(CCCc4sccc43)S2)c1. The highest BCUT2D eigenvalue weighted by Crippen LogP contribution is 2.55. The molecule has 0 N–H and O–H groups in total. The number of halogens is 1. The van der Waals surface area contributed by atoms with Gasteiger partial charge in [0, 0.05) is 30.1 Å². The quantitative estimate of drug-likeness (QED) is 0.704. The van der Waals surface area contributed by atoms with Gasteiger partial charge in [-0.15, -0.1) is 11.3 Å². The summed E-state index contributed by atoms with van der Waals surface area (Å²) in [6, 6.07) is 6.92. The number of hydrazone groups is 1. The Hall–Kier alpha value is -1.86. The third-order valence-electron chi connectivity index (χ3n) is 4.80. The summed E-state index contributed by atoms with van der Waals surface area (Å²) in [5, 5.41) is 8.83. The van der Waals surface area contributed by atoms with Gasteiger partial charge in [-0.25, -0.2) is 9.18 Å². The molecule has 1 spiro atoms. The van der Waals surface area contributed by atoms with Gasteiger partial charge in [0.15, 0.2) is 0 Å². The Bertz CT molecular complexity index is 908. The fourth-order valence-corrected chi connectivity index (χ4v) is 6.05.